The molecule has 0 spiro atoms. The minimum absolute atomic E-state index is 0.141. The van der Waals surface area contributed by atoms with Gasteiger partial charge in [-0.1, -0.05) is 11.2 Å². The SMILES string of the molecule is O=C(c1cccc(F)c1)N1CCCN(Cc2nc(-c3cccnc3)no2)CC1. The topological polar surface area (TPSA) is 75.4 Å². The van der Waals surface area contributed by atoms with Gasteiger partial charge in [-0.05, 0) is 36.8 Å². The molecular weight excluding hydrogens is 361 g/mol. The standard InChI is InChI=1S/C20H20FN5O2/c21-17-6-1-4-15(12-17)20(27)26-9-3-8-25(10-11-26)14-18-23-19(24-28-18)16-5-2-7-22-13-16/h1-2,4-7,12-13H,3,8-11,14H2. The molecule has 0 bridgehead atoms. The van der Waals surface area contributed by atoms with Crippen LogP contribution in [0.25, 0.3) is 11.4 Å². The maximum absolute atomic E-state index is 13.4. The van der Waals surface area contributed by atoms with Crippen LogP contribution in [-0.4, -0.2) is 57.0 Å². The highest BCUT2D eigenvalue weighted by Crippen LogP contribution is 2.16. The maximum atomic E-state index is 13.4. The van der Waals surface area contributed by atoms with Gasteiger partial charge in [0, 0.05) is 49.7 Å². The Morgan fingerprint density at radius 2 is 2.07 bits per heavy atom. The van der Waals surface area contributed by atoms with E-state index in [0.717, 1.165) is 18.5 Å². The Morgan fingerprint density at radius 3 is 2.89 bits per heavy atom. The van der Waals surface area contributed by atoms with Crippen molar-refractivity contribution in [3.05, 3.63) is 66.1 Å². The summed E-state index contributed by atoms with van der Waals surface area (Å²) in [5.41, 5.74) is 1.19. The van der Waals surface area contributed by atoms with Crippen molar-refractivity contribution in [2.24, 2.45) is 0 Å². The third-order valence-corrected chi connectivity index (χ3v) is 4.69. The van der Waals surface area contributed by atoms with E-state index >= 15 is 0 Å². The molecule has 4 rings (SSSR count). The molecule has 28 heavy (non-hydrogen) atoms. The smallest absolute Gasteiger partial charge is 0.254 e. The Labute approximate surface area is 161 Å². The molecule has 144 valence electrons. The second kappa shape index (κ2) is 8.26. The van der Waals surface area contributed by atoms with E-state index in [1.807, 2.05) is 12.1 Å². The van der Waals surface area contributed by atoms with Crippen molar-refractivity contribution in [2.75, 3.05) is 26.2 Å². The second-order valence-corrected chi connectivity index (χ2v) is 6.69. The van der Waals surface area contributed by atoms with Crippen molar-refractivity contribution in [1.29, 1.82) is 0 Å². The van der Waals surface area contributed by atoms with E-state index in [0.29, 0.717) is 43.5 Å². The van der Waals surface area contributed by atoms with Crippen LogP contribution < -0.4 is 0 Å². The molecule has 1 amide bonds. The van der Waals surface area contributed by atoms with Crippen molar-refractivity contribution in [2.45, 2.75) is 13.0 Å². The van der Waals surface area contributed by atoms with Gasteiger partial charge in [-0.2, -0.15) is 4.98 Å². The maximum Gasteiger partial charge on any atom is 0.254 e. The molecule has 8 heteroatoms. The van der Waals surface area contributed by atoms with Gasteiger partial charge >= 0.3 is 0 Å². The molecular formula is C20H20FN5O2. The van der Waals surface area contributed by atoms with Crippen LogP contribution in [0.5, 0.6) is 0 Å². The lowest BCUT2D eigenvalue weighted by molar-refractivity contribution is 0.0760. The van der Waals surface area contributed by atoms with Gasteiger partial charge in [0.05, 0.1) is 6.54 Å². The predicted molar refractivity (Wildman–Crippen MR) is 99.7 cm³/mol. The molecule has 0 aliphatic carbocycles. The fourth-order valence-corrected chi connectivity index (χ4v) is 3.26. The molecule has 0 atom stereocenters. The number of aromatic nitrogens is 3. The summed E-state index contributed by atoms with van der Waals surface area (Å²) in [6, 6.07) is 9.52. The number of hydrogen-bond donors (Lipinski definition) is 0. The lowest BCUT2D eigenvalue weighted by Crippen LogP contribution is -2.35. The Hall–Kier alpha value is -3.13. The van der Waals surface area contributed by atoms with Gasteiger partial charge in [-0.15, -0.1) is 0 Å². The highest BCUT2D eigenvalue weighted by Gasteiger charge is 2.22. The molecule has 0 saturated carbocycles. The lowest BCUT2D eigenvalue weighted by atomic mass is 10.2. The number of rotatable bonds is 4. The summed E-state index contributed by atoms with van der Waals surface area (Å²) in [5, 5.41) is 4.01. The summed E-state index contributed by atoms with van der Waals surface area (Å²) in [4.78, 5) is 25.1. The van der Waals surface area contributed by atoms with E-state index in [1.54, 1.807) is 29.4 Å². The molecule has 1 saturated heterocycles. The molecule has 2 aromatic heterocycles. The average Bonchev–Trinajstić information content (AvgIpc) is 3.06. The van der Waals surface area contributed by atoms with E-state index in [9.17, 15) is 9.18 Å². The van der Waals surface area contributed by atoms with Crippen molar-refractivity contribution in [3.63, 3.8) is 0 Å². The van der Waals surface area contributed by atoms with Crippen molar-refractivity contribution < 1.29 is 13.7 Å². The monoisotopic (exact) mass is 381 g/mol. The van der Waals surface area contributed by atoms with Crippen molar-refractivity contribution >= 4 is 5.91 Å². The van der Waals surface area contributed by atoms with Gasteiger partial charge in [0.25, 0.3) is 5.91 Å². The lowest BCUT2D eigenvalue weighted by Gasteiger charge is -2.21. The molecule has 3 aromatic rings. The zero-order chi connectivity index (χ0) is 19.3. The number of halogens is 1. The van der Waals surface area contributed by atoms with Crippen LogP contribution >= 0.6 is 0 Å². The molecule has 1 aliphatic heterocycles. The van der Waals surface area contributed by atoms with Crippen LogP contribution in [0, 0.1) is 5.82 Å². The van der Waals surface area contributed by atoms with Crippen molar-refractivity contribution in [1.82, 2.24) is 24.9 Å². The van der Waals surface area contributed by atoms with E-state index < -0.39 is 5.82 Å². The third-order valence-electron chi connectivity index (χ3n) is 4.69. The molecule has 0 radical (unpaired) electrons. The first-order chi connectivity index (χ1) is 13.7. The molecule has 0 unspecified atom stereocenters. The van der Waals surface area contributed by atoms with Crippen LogP contribution in [0.2, 0.25) is 0 Å². The van der Waals surface area contributed by atoms with E-state index in [1.165, 1.54) is 12.1 Å². The number of amides is 1. The zero-order valence-electron chi connectivity index (χ0n) is 15.3. The van der Waals surface area contributed by atoms with Gasteiger partial charge in [0.15, 0.2) is 0 Å². The fraction of sp³-hybridized carbons (Fsp3) is 0.300. The molecule has 7 nitrogen and oxygen atoms in total. The Kier molecular flexibility index (Phi) is 5.38. The summed E-state index contributed by atoms with van der Waals surface area (Å²) >= 11 is 0. The van der Waals surface area contributed by atoms with Crippen molar-refractivity contribution in [3.8, 4) is 11.4 Å². The highest BCUT2D eigenvalue weighted by molar-refractivity contribution is 5.94. The first kappa shape index (κ1) is 18.2. The van der Waals surface area contributed by atoms with E-state index in [-0.39, 0.29) is 5.91 Å². The number of pyridine rings is 1. The quantitative estimate of drug-likeness (QED) is 0.692. The summed E-state index contributed by atoms with van der Waals surface area (Å²) in [5.74, 6) is 0.505. The van der Waals surface area contributed by atoms with Crippen LogP contribution in [0.1, 0.15) is 22.7 Å². The van der Waals surface area contributed by atoms with Gasteiger partial charge in [-0.3, -0.25) is 14.7 Å². The van der Waals surface area contributed by atoms with Crippen LogP contribution in [0.15, 0.2) is 53.3 Å². The first-order valence-electron chi connectivity index (χ1n) is 9.19. The summed E-state index contributed by atoms with van der Waals surface area (Å²) in [7, 11) is 0. The van der Waals surface area contributed by atoms with Gasteiger partial charge in [0.1, 0.15) is 5.82 Å². The number of carbonyl (C=O) groups excluding carboxylic acids is 1. The van der Waals surface area contributed by atoms with Crippen LogP contribution in [0.3, 0.4) is 0 Å². The van der Waals surface area contributed by atoms with Gasteiger partial charge in [-0.25, -0.2) is 4.39 Å². The largest absolute Gasteiger partial charge is 0.338 e. The van der Waals surface area contributed by atoms with E-state index in [4.69, 9.17) is 4.52 Å². The molecule has 1 aliphatic rings. The summed E-state index contributed by atoms with van der Waals surface area (Å²) in [6.45, 7) is 3.23. The normalized spacial score (nSPS) is 15.4. The minimum atomic E-state index is -0.400. The third kappa shape index (κ3) is 4.23. The predicted octanol–water partition coefficient (Wildman–Crippen LogP) is 2.62. The average molecular weight is 381 g/mol. The Balaban J connectivity index is 1.37. The second-order valence-electron chi connectivity index (χ2n) is 6.69. The molecule has 0 N–H and O–H groups in total. The van der Waals surface area contributed by atoms with Crippen LogP contribution in [-0.2, 0) is 6.54 Å². The molecule has 1 fully saturated rings. The highest BCUT2D eigenvalue weighted by atomic mass is 19.1. The Bertz CT molecular complexity index is 947. The Morgan fingerprint density at radius 1 is 1.14 bits per heavy atom. The number of nitrogens with zero attached hydrogens (tertiary/aromatic N) is 5. The zero-order valence-corrected chi connectivity index (χ0v) is 15.3. The van der Waals surface area contributed by atoms with Gasteiger partial charge < -0.3 is 9.42 Å². The number of carbonyl (C=O) groups is 1. The summed E-state index contributed by atoms with van der Waals surface area (Å²) in [6.07, 6.45) is 4.21. The number of benzene rings is 1. The summed E-state index contributed by atoms with van der Waals surface area (Å²) < 4.78 is 18.8. The van der Waals surface area contributed by atoms with Crippen LogP contribution in [0.4, 0.5) is 4.39 Å². The van der Waals surface area contributed by atoms with E-state index in [2.05, 4.69) is 20.0 Å². The fourth-order valence-electron chi connectivity index (χ4n) is 3.26. The van der Waals surface area contributed by atoms with Gasteiger partial charge in [0.2, 0.25) is 11.7 Å². The first-order valence-corrected chi connectivity index (χ1v) is 9.19. The molecule has 1 aromatic carbocycles. The molecule has 3 heterocycles. The minimum Gasteiger partial charge on any atom is -0.338 e. The number of hydrogen-bond acceptors (Lipinski definition) is 6.